The molecule has 0 radical (unpaired) electrons. The number of carbonyl (C=O) groups is 1. The summed E-state index contributed by atoms with van der Waals surface area (Å²) in [6, 6.07) is 2.83. The summed E-state index contributed by atoms with van der Waals surface area (Å²) < 4.78 is 22.8. The Morgan fingerprint density at radius 2 is 2.13 bits per heavy atom. The summed E-state index contributed by atoms with van der Waals surface area (Å²) >= 11 is 0. The number of hydrogen-bond acceptors (Lipinski definition) is 4. The smallest absolute Gasteiger partial charge is 0.321 e. The Bertz CT molecular complexity index is 628. The van der Waals surface area contributed by atoms with Crippen LogP contribution in [0.4, 0.5) is 10.5 Å². The third-order valence-electron chi connectivity index (χ3n) is 4.20. The van der Waals surface area contributed by atoms with Gasteiger partial charge < -0.3 is 10.2 Å². The molecule has 1 aromatic rings. The highest BCUT2D eigenvalue weighted by Gasteiger charge is 2.20. The fraction of sp³-hybridized carbons (Fsp3) is 0.625. The topological polar surface area (TPSA) is 79.4 Å². The Hall–Kier alpha value is -1.63. The molecule has 0 aliphatic carbocycles. The minimum atomic E-state index is -3.32. The van der Waals surface area contributed by atoms with Crippen LogP contribution in [0.15, 0.2) is 23.4 Å². The molecule has 1 N–H and O–H groups in total. The second kappa shape index (κ2) is 7.77. The van der Waals surface area contributed by atoms with Crippen molar-refractivity contribution in [3.8, 4) is 0 Å². The largest absolute Gasteiger partial charge is 0.325 e. The summed E-state index contributed by atoms with van der Waals surface area (Å²) in [6.07, 6.45) is 8.17. The number of likely N-dealkylation sites (tertiary alicyclic amines) is 1. The van der Waals surface area contributed by atoms with Crippen molar-refractivity contribution >= 4 is 21.6 Å². The molecule has 0 unspecified atom stereocenters. The van der Waals surface area contributed by atoms with Gasteiger partial charge in [0.1, 0.15) is 0 Å². The van der Waals surface area contributed by atoms with Crippen LogP contribution in [0.5, 0.6) is 0 Å². The quantitative estimate of drug-likeness (QED) is 0.915. The normalized spacial score (nSPS) is 19.2. The fourth-order valence-electron chi connectivity index (χ4n) is 2.94. The van der Waals surface area contributed by atoms with Crippen molar-refractivity contribution < 1.29 is 13.2 Å². The molecule has 1 fully saturated rings. The maximum atomic E-state index is 12.3. The predicted octanol–water partition coefficient (Wildman–Crippen LogP) is 2.92. The first kappa shape index (κ1) is 17.7. The van der Waals surface area contributed by atoms with Gasteiger partial charge in [0.15, 0.2) is 14.9 Å². The summed E-state index contributed by atoms with van der Waals surface area (Å²) in [5.74, 6) is 0.716. The maximum absolute atomic E-state index is 12.3. The van der Waals surface area contributed by atoms with Gasteiger partial charge in [0, 0.05) is 19.3 Å². The number of rotatable bonds is 4. The molecule has 7 heteroatoms. The predicted molar refractivity (Wildman–Crippen MR) is 90.2 cm³/mol. The molecule has 6 nitrogen and oxygen atoms in total. The van der Waals surface area contributed by atoms with Gasteiger partial charge in [0.05, 0.1) is 11.9 Å². The number of urea groups is 1. The highest BCUT2D eigenvalue weighted by molar-refractivity contribution is 7.90. The first-order valence-electron chi connectivity index (χ1n) is 8.12. The average molecular weight is 339 g/mol. The molecular weight excluding hydrogens is 314 g/mol. The van der Waals surface area contributed by atoms with Crippen molar-refractivity contribution in [1.82, 2.24) is 9.88 Å². The summed E-state index contributed by atoms with van der Waals surface area (Å²) in [4.78, 5) is 18.1. The van der Waals surface area contributed by atoms with E-state index in [1.807, 2.05) is 4.90 Å². The van der Waals surface area contributed by atoms with Crippen molar-refractivity contribution in [2.75, 3.05) is 24.7 Å². The molecule has 2 rings (SSSR count). The van der Waals surface area contributed by atoms with Gasteiger partial charge in [-0.1, -0.05) is 19.8 Å². The average Bonchev–Trinajstić information content (AvgIpc) is 2.73. The lowest BCUT2D eigenvalue weighted by atomic mass is 9.96. The van der Waals surface area contributed by atoms with Crippen LogP contribution in [0.1, 0.15) is 39.0 Å². The third kappa shape index (κ3) is 5.20. The number of nitrogens with one attached hydrogen (secondary N) is 1. The van der Waals surface area contributed by atoms with E-state index in [0.29, 0.717) is 11.6 Å². The van der Waals surface area contributed by atoms with E-state index in [2.05, 4.69) is 17.2 Å². The third-order valence-corrected chi connectivity index (χ3v) is 5.20. The fourth-order valence-corrected chi connectivity index (χ4v) is 3.50. The van der Waals surface area contributed by atoms with Crippen LogP contribution in [0.25, 0.3) is 0 Å². The van der Waals surface area contributed by atoms with Crippen molar-refractivity contribution in [1.29, 1.82) is 0 Å². The molecular formula is C16H25N3O3S. The Labute approximate surface area is 138 Å². The minimum Gasteiger partial charge on any atom is -0.325 e. The minimum absolute atomic E-state index is 0.00711. The molecule has 0 aromatic carbocycles. The van der Waals surface area contributed by atoms with Crippen LogP contribution in [0.2, 0.25) is 0 Å². The van der Waals surface area contributed by atoms with Gasteiger partial charge in [-0.2, -0.15) is 0 Å². The lowest BCUT2D eigenvalue weighted by Gasteiger charge is -2.21. The van der Waals surface area contributed by atoms with Crippen LogP contribution in [0, 0.1) is 5.92 Å². The standard InChI is InChI=1S/C16H25N3O3S/c1-3-5-13-6-4-10-19(11-9-13)16(20)18-14-7-8-15(17-12-14)23(2,21)22/h7-8,12-13H,3-6,9-11H2,1-2H3,(H,18,20)/t13-/m0/s1. The molecule has 0 spiro atoms. The van der Waals surface area contributed by atoms with Crippen LogP contribution in [-0.2, 0) is 9.84 Å². The van der Waals surface area contributed by atoms with Crippen LogP contribution in [-0.4, -0.2) is 43.7 Å². The lowest BCUT2D eigenvalue weighted by molar-refractivity contribution is 0.213. The first-order valence-corrected chi connectivity index (χ1v) is 10.0. The van der Waals surface area contributed by atoms with Gasteiger partial charge in [0.2, 0.25) is 0 Å². The summed E-state index contributed by atoms with van der Waals surface area (Å²) in [7, 11) is -3.32. The monoisotopic (exact) mass is 339 g/mol. The van der Waals surface area contributed by atoms with Crippen LogP contribution in [0.3, 0.4) is 0 Å². The number of sulfone groups is 1. The molecule has 23 heavy (non-hydrogen) atoms. The summed E-state index contributed by atoms with van der Waals surface area (Å²) in [5, 5.41) is 2.80. The molecule has 1 aliphatic heterocycles. The molecule has 0 saturated carbocycles. The van der Waals surface area contributed by atoms with E-state index in [0.717, 1.165) is 32.2 Å². The SMILES string of the molecule is CCC[C@H]1CCCN(C(=O)Nc2ccc(S(C)(=O)=O)nc2)CC1. The lowest BCUT2D eigenvalue weighted by Crippen LogP contribution is -2.35. The first-order chi connectivity index (χ1) is 10.9. The number of hydrogen-bond donors (Lipinski definition) is 1. The van der Waals surface area contributed by atoms with Crippen molar-refractivity contribution in [3.63, 3.8) is 0 Å². The zero-order valence-electron chi connectivity index (χ0n) is 13.8. The molecule has 1 saturated heterocycles. The number of pyridine rings is 1. The van der Waals surface area contributed by atoms with Gasteiger partial charge in [0.25, 0.3) is 0 Å². The van der Waals surface area contributed by atoms with E-state index in [1.165, 1.54) is 31.5 Å². The molecule has 0 bridgehead atoms. The van der Waals surface area contributed by atoms with E-state index in [9.17, 15) is 13.2 Å². The molecule has 1 aliphatic rings. The van der Waals surface area contributed by atoms with E-state index in [1.54, 1.807) is 6.07 Å². The van der Waals surface area contributed by atoms with Gasteiger partial charge in [-0.25, -0.2) is 18.2 Å². The molecule has 1 aromatic heterocycles. The number of aromatic nitrogens is 1. The van der Waals surface area contributed by atoms with Crippen LogP contribution < -0.4 is 5.32 Å². The Balaban J connectivity index is 1.93. The number of anilines is 1. The van der Waals surface area contributed by atoms with Gasteiger partial charge >= 0.3 is 6.03 Å². The van der Waals surface area contributed by atoms with Crippen molar-refractivity contribution in [2.45, 2.75) is 44.1 Å². The van der Waals surface area contributed by atoms with Crippen LogP contribution >= 0.6 is 0 Å². The molecule has 2 heterocycles. The van der Waals surface area contributed by atoms with Gasteiger partial charge in [-0.15, -0.1) is 0 Å². The van der Waals surface area contributed by atoms with Crippen molar-refractivity contribution in [3.05, 3.63) is 18.3 Å². The highest BCUT2D eigenvalue weighted by Crippen LogP contribution is 2.22. The zero-order chi connectivity index (χ0) is 16.9. The second-order valence-corrected chi connectivity index (χ2v) is 8.12. The number of nitrogens with zero attached hydrogens (tertiary/aromatic N) is 2. The Morgan fingerprint density at radius 3 is 2.74 bits per heavy atom. The molecule has 1 atom stereocenters. The Morgan fingerprint density at radius 1 is 1.35 bits per heavy atom. The van der Waals surface area contributed by atoms with E-state index in [4.69, 9.17) is 0 Å². The number of carbonyl (C=O) groups excluding carboxylic acids is 1. The molecule has 128 valence electrons. The van der Waals surface area contributed by atoms with Gasteiger partial charge in [-0.05, 0) is 37.3 Å². The Kier molecular flexibility index (Phi) is 5.98. The molecule has 2 amide bonds. The second-order valence-electron chi connectivity index (χ2n) is 6.16. The van der Waals surface area contributed by atoms with E-state index < -0.39 is 9.84 Å². The van der Waals surface area contributed by atoms with Gasteiger partial charge in [-0.3, -0.25) is 0 Å². The van der Waals surface area contributed by atoms with E-state index in [-0.39, 0.29) is 11.1 Å². The zero-order valence-corrected chi connectivity index (χ0v) is 14.6. The van der Waals surface area contributed by atoms with E-state index >= 15 is 0 Å². The maximum Gasteiger partial charge on any atom is 0.321 e. The number of amides is 2. The summed E-state index contributed by atoms with van der Waals surface area (Å²) in [6.45, 7) is 3.73. The van der Waals surface area contributed by atoms with Crippen molar-refractivity contribution in [2.24, 2.45) is 5.92 Å². The summed E-state index contributed by atoms with van der Waals surface area (Å²) in [5.41, 5.74) is 0.511. The highest BCUT2D eigenvalue weighted by atomic mass is 32.2.